The zero-order valence-electron chi connectivity index (χ0n) is 18.1. The molecular weight excluding hydrogens is 494 g/mol. The summed E-state index contributed by atoms with van der Waals surface area (Å²) in [4.78, 5) is 24.2. The second kappa shape index (κ2) is 11.0. The molecule has 0 atom stereocenters. The molecule has 0 fully saturated rings. The fraction of sp³-hybridized carbons (Fsp3) is 0.0435. The van der Waals surface area contributed by atoms with Crippen LogP contribution in [0.5, 0.6) is 0 Å². The van der Waals surface area contributed by atoms with Gasteiger partial charge in [-0.1, -0.05) is 36.4 Å². The molecule has 1 amide bonds. The number of anilines is 2. The van der Waals surface area contributed by atoms with Crippen LogP contribution >= 0.6 is 0 Å². The molecule has 0 saturated heterocycles. The molecule has 0 spiro atoms. The van der Waals surface area contributed by atoms with E-state index < -0.39 is 38.5 Å². The number of nitrogens with one attached hydrogen (secondary N) is 2. The molecule has 0 unspecified atom stereocenters. The maximum absolute atomic E-state index is 12.3. The molecule has 0 saturated carbocycles. The fourth-order valence-electron chi connectivity index (χ4n) is 2.78. The van der Waals surface area contributed by atoms with Crippen molar-refractivity contribution >= 4 is 49.4 Å². The maximum Gasteiger partial charge on any atom is 0.338 e. The number of amides is 1. The number of primary sulfonamides is 1. The maximum atomic E-state index is 12.3. The molecule has 0 radical (unpaired) electrons. The van der Waals surface area contributed by atoms with Crippen LogP contribution < -0.4 is 15.2 Å². The van der Waals surface area contributed by atoms with Gasteiger partial charge in [0.15, 0.2) is 6.61 Å². The minimum absolute atomic E-state index is 0.0301. The Morgan fingerprint density at radius 1 is 0.857 bits per heavy atom. The summed E-state index contributed by atoms with van der Waals surface area (Å²) < 4.78 is 54.5. The highest BCUT2D eigenvalue weighted by atomic mass is 32.2. The van der Waals surface area contributed by atoms with Gasteiger partial charge >= 0.3 is 5.97 Å². The minimum atomic E-state index is -3.86. The third kappa shape index (κ3) is 8.07. The van der Waals surface area contributed by atoms with Crippen molar-refractivity contribution in [1.82, 2.24) is 0 Å². The van der Waals surface area contributed by atoms with Crippen LogP contribution in [0.2, 0.25) is 0 Å². The Kier molecular flexibility index (Phi) is 8.02. The van der Waals surface area contributed by atoms with E-state index in [-0.39, 0.29) is 21.8 Å². The van der Waals surface area contributed by atoms with E-state index in [9.17, 15) is 26.4 Å². The number of esters is 1. The number of hydrogen-bond donors (Lipinski definition) is 3. The van der Waals surface area contributed by atoms with E-state index in [4.69, 9.17) is 9.88 Å². The van der Waals surface area contributed by atoms with Crippen molar-refractivity contribution in [3.8, 4) is 0 Å². The van der Waals surface area contributed by atoms with Gasteiger partial charge in [0.05, 0.1) is 15.9 Å². The van der Waals surface area contributed by atoms with Crippen molar-refractivity contribution in [3.05, 3.63) is 95.4 Å². The molecule has 0 heterocycles. The molecule has 3 aromatic rings. The van der Waals surface area contributed by atoms with E-state index in [0.717, 1.165) is 5.41 Å². The summed E-state index contributed by atoms with van der Waals surface area (Å²) in [5, 5.41) is 8.47. The van der Waals surface area contributed by atoms with Gasteiger partial charge in [0.1, 0.15) is 0 Å². The van der Waals surface area contributed by atoms with Gasteiger partial charge in [0, 0.05) is 11.4 Å². The highest BCUT2D eigenvalue weighted by molar-refractivity contribution is 7.95. The lowest BCUT2D eigenvalue weighted by Crippen LogP contribution is -2.21. The molecule has 10 nitrogen and oxygen atoms in total. The first-order valence-corrected chi connectivity index (χ1v) is 13.1. The summed E-state index contributed by atoms with van der Waals surface area (Å²) in [6.45, 7) is -0.620. The Morgan fingerprint density at radius 3 is 2.20 bits per heavy atom. The van der Waals surface area contributed by atoms with Crippen LogP contribution in [0.4, 0.5) is 11.4 Å². The molecule has 0 aliphatic carbocycles. The molecule has 0 aliphatic rings. The van der Waals surface area contributed by atoms with Gasteiger partial charge in [-0.25, -0.2) is 26.8 Å². The van der Waals surface area contributed by atoms with Crippen molar-refractivity contribution in [3.63, 3.8) is 0 Å². The quantitative estimate of drug-likeness (QED) is 0.369. The number of sulfonamides is 2. The Bertz CT molecular complexity index is 1450. The van der Waals surface area contributed by atoms with Crippen molar-refractivity contribution in [2.24, 2.45) is 5.14 Å². The molecule has 3 aromatic carbocycles. The molecule has 3 rings (SSSR count). The lowest BCUT2D eigenvalue weighted by molar-refractivity contribution is -0.119. The zero-order valence-corrected chi connectivity index (χ0v) is 19.8. The Balaban J connectivity index is 1.56. The summed E-state index contributed by atoms with van der Waals surface area (Å²) in [5.41, 5.74) is 1.14. The summed E-state index contributed by atoms with van der Waals surface area (Å²) >= 11 is 0. The average molecular weight is 516 g/mol. The van der Waals surface area contributed by atoms with Crippen LogP contribution in [0.3, 0.4) is 0 Å². The van der Waals surface area contributed by atoms with Gasteiger partial charge in [-0.15, -0.1) is 0 Å². The fourth-order valence-corrected chi connectivity index (χ4v) is 4.15. The highest BCUT2D eigenvalue weighted by Crippen LogP contribution is 2.15. The van der Waals surface area contributed by atoms with Crippen LogP contribution in [0.25, 0.3) is 6.08 Å². The molecule has 182 valence electrons. The van der Waals surface area contributed by atoms with E-state index in [1.165, 1.54) is 54.6 Å². The first-order chi connectivity index (χ1) is 16.5. The molecule has 4 N–H and O–H groups in total. The van der Waals surface area contributed by atoms with Crippen molar-refractivity contribution in [1.29, 1.82) is 0 Å². The predicted molar refractivity (Wildman–Crippen MR) is 131 cm³/mol. The van der Waals surface area contributed by atoms with E-state index in [2.05, 4.69) is 10.0 Å². The summed E-state index contributed by atoms with van der Waals surface area (Å²) in [6, 6.07) is 19.6. The van der Waals surface area contributed by atoms with Crippen LogP contribution in [0.1, 0.15) is 15.9 Å². The standard InChI is InChI=1S/C23H21N3O7S2/c24-35(31,32)21-11-9-19(10-12-21)25-22(27)16-33-23(28)18-7-4-8-20(15-18)26-34(29,30)14-13-17-5-2-1-3-6-17/h1-15,26H,16H2,(H,25,27)(H2,24,31,32). The summed E-state index contributed by atoms with van der Waals surface area (Å²) in [6.07, 6.45) is 1.43. The van der Waals surface area contributed by atoms with Crippen molar-refractivity contribution in [2.75, 3.05) is 16.6 Å². The van der Waals surface area contributed by atoms with E-state index >= 15 is 0 Å². The van der Waals surface area contributed by atoms with Crippen molar-refractivity contribution < 1.29 is 31.2 Å². The first kappa shape index (κ1) is 25.6. The number of nitrogens with two attached hydrogens (primary N) is 1. The Morgan fingerprint density at radius 2 is 1.54 bits per heavy atom. The van der Waals surface area contributed by atoms with Gasteiger partial charge in [0.2, 0.25) is 10.0 Å². The lowest BCUT2D eigenvalue weighted by atomic mass is 10.2. The van der Waals surface area contributed by atoms with Crippen LogP contribution in [-0.4, -0.2) is 35.3 Å². The Hall–Kier alpha value is -4.00. The number of benzene rings is 3. The number of rotatable bonds is 9. The van der Waals surface area contributed by atoms with E-state index in [0.29, 0.717) is 5.56 Å². The normalized spacial score (nSPS) is 11.7. The van der Waals surface area contributed by atoms with Crippen LogP contribution in [0.15, 0.2) is 89.2 Å². The average Bonchev–Trinajstić information content (AvgIpc) is 2.82. The van der Waals surface area contributed by atoms with Gasteiger partial charge in [-0.3, -0.25) is 9.52 Å². The molecule has 0 aromatic heterocycles. The van der Waals surface area contributed by atoms with Gasteiger partial charge < -0.3 is 10.1 Å². The van der Waals surface area contributed by atoms with E-state index in [1.54, 1.807) is 24.3 Å². The molecular formula is C23H21N3O7S2. The SMILES string of the molecule is NS(=O)(=O)c1ccc(NC(=O)COC(=O)c2cccc(NS(=O)(=O)C=Cc3ccccc3)c2)cc1. The number of carbonyl (C=O) groups is 2. The monoisotopic (exact) mass is 515 g/mol. The number of ether oxygens (including phenoxy) is 1. The third-order valence-corrected chi connectivity index (χ3v) is 6.34. The predicted octanol–water partition coefficient (Wildman–Crippen LogP) is 2.54. The van der Waals surface area contributed by atoms with Gasteiger partial charge in [-0.05, 0) is 54.1 Å². The van der Waals surface area contributed by atoms with Gasteiger partial charge in [0.25, 0.3) is 15.9 Å². The third-order valence-electron chi connectivity index (χ3n) is 4.40. The molecule has 0 bridgehead atoms. The lowest BCUT2D eigenvalue weighted by Gasteiger charge is -2.09. The number of carbonyl (C=O) groups excluding carboxylic acids is 2. The smallest absolute Gasteiger partial charge is 0.338 e. The zero-order chi connectivity index (χ0) is 25.5. The van der Waals surface area contributed by atoms with Crippen LogP contribution in [0, 0.1) is 0 Å². The topological polar surface area (TPSA) is 162 Å². The van der Waals surface area contributed by atoms with E-state index in [1.807, 2.05) is 6.07 Å². The first-order valence-electron chi connectivity index (χ1n) is 9.98. The second-order valence-electron chi connectivity index (χ2n) is 7.14. The minimum Gasteiger partial charge on any atom is -0.452 e. The second-order valence-corrected chi connectivity index (χ2v) is 10.3. The Labute approximate surface area is 202 Å². The molecule has 35 heavy (non-hydrogen) atoms. The van der Waals surface area contributed by atoms with Gasteiger partial charge in [-0.2, -0.15) is 0 Å². The molecule has 12 heteroatoms. The molecule has 0 aliphatic heterocycles. The van der Waals surface area contributed by atoms with Crippen molar-refractivity contribution in [2.45, 2.75) is 4.90 Å². The van der Waals surface area contributed by atoms with Crippen LogP contribution in [-0.2, 0) is 29.6 Å². The highest BCUT2D eigenvalue weighted by Gasteiger charge is 2.13. The summed E-state index contributed by atoms with van der Waals surface area (Å²) in [5.74, 6) is -1.50. The summed E-state index contributed by atoms with van der Waals surface area (Å²) in [7, 11) is -7.70. The largest absolute Gasteiger partial charge is 0.452 e. The number of hydrogen-bond acceptors (Lipinski definition) is 7.